The maximum absolute atomic E-state index is 14.9. The Labute approximate surface area is 206 Å². The van der Waals surface area contributed by atoms with Gasteiger partial charge in [-0.25, -0.2) is 23.6 Å². The van der Waals surface area contributed by atoms with Crippen molar-refractivity contribution in [2.75, 3.05) is 23.8 Å². The largest absolute Gasteiger partial charge is 0.381 e. The molecule has 2 aliphatic rings. The van der Waals surface area contributed by atoms with E-state index in [9.17, 15) is 13.6 Å². The van der Waals surface area contributed by atoms with Crippen molar-refractivity contribution in [3.05, 3.63) is 41.4 Å². The predicted molar refractivity (Wildman–Crippen MR) is 129 cm³/mol. The van der Waals surface area contributed by atoms with Crippen LogP contribution in [-0.2, 0) is 9.53 Å². The van der Waals surface area contributed by atoms with Gasteiger partial charge < -0.3 is 21.1 Å². The van der Waals surface area contributed by atoms with E-state index in [1.807, 2.05) is 4.57 Å². The molecule has 188 valence electrons. The summed E-state index contributed by atoms with van der Waals surface area (Å²) in [4.78, 5) is 28.4. The zero-order valence-electron chi connectivity index (χ0n) is 19.5. The van der Waals surface area contributed by atoms with Crippen LogP contribution < -0.4 is 16.4 Å². The highest BCUT2D eigenvalue weighted by Gasteiger charge is 2.30. The standard InChI is InChI=1S/C24H26F2N8O2/c1-28-17-7-6-16(25)20(19(17)26)32-24-31-18-12-29-23(30-14-8-10-36-11-9-14)33-22(18)34(24)15-4-2-13(3-5-15)21(27)35/h6-7,12-15H,2-5,8-11H2,(H2,27,35)(H,31,32)(H,29,30,33). The molecule has 3 aromatic rings. The molecule has 1 aliphatic carbocycles. The summed E-state index contributed by atoms with van der Waals surface area (Å²) in [6, 6.07) is 2.18. The number of primary amides is 1. The van der Waals surface area contributed by atoms with Gasteiger partial charge in [-0.1, -0.05) is 6.07 Å². The van der Waals surface area contributed by atoms with Crippen LogP contribution in [0, 0.1) is 24.1 Å². The van der Waals surface area contributed by atoms with Gasteiger partial charge in [-0.3, -0.25) is 9.36 Å². The number of nitrogens with one attached hydrogen (secondary N) is 2. The van der Waals surface area contributed by atoms with Crippen LogP contribution in [-0.4, -0.2) is 44.7 Å². The second-order valence-electron chi connectivity index (χ2n) is 9.14. The summed E-state index contributed by atoms with van der Waals surface area (Å²) < 4.78 is 36.7. The number of hydrogen-bond donors (Lipinski definition) is 3. The number of fused-ring (bicyclic) bond motifs is 1. The highest BCUT2D eigenvalue weighted by molar-refractivity contribution is 5.78. The number of rotatable bonds is 6. The number of ether oxygens (including phenoxy) is 1. The van der Waals surface area contributed by atoms with Gasteiger partial charge in [0.05, 0.1) is 12.8 Å². The Morgan fingerprint density at radius 2 is 1.89 bits per heavy atom. The van der Waals surface area contributed by atoms with Crippen molar-refractivity contribution in [1.82, 2.24) is 19.5 Å². The molecule has 5 rings (SSSR count). The van der Waals surface area contributed by atoms with Gasteiger partial charge in [0, 0.05) is 31.2 Å². The third-order valence-electron chi connectivity index (χ3n) is 6.88. The quantitative estimate of drug-likeness (QED) is 0.437. The number of benzene rings is 1. The molecular weight excluding hydrogens is 470 g/mol. The number of carbonyl (C=O) groups excluding carboxylic acids is 1. The highest BCUT2D eigenvalue weighted by atomic mass is 19.1. The molecule has 0 radical (unpaired) electrons. The summed E-state index contributed by atoms with van der Waals surface area (Å²) in [5.41, 5.74) is 5.71. The topological polar surface area (TPSA) is 124 Å². The van der Waals surface area contributed by atoms with Crippen molar-refractivity contribution in [1.29, 1.82) is 0 Å². The lowest BCUT2D eigenvalue weighted by atomic mass is 9.85. The fraction of sp³-hybridized carbons (Fsp3) is 0.458. The third-order valence-corrected chi connectivity index (χ3v) is 6.88. The van der Waals surface area contributed by atoms with Crippen molar-refractivity contribution >= 4 is 40.3 Å². The predicted octanol–water partition coefficient (Wildman–Crippen LogP) is 4.21. The molecule has 0 spiro atoms. The Bertz CT molecular complexity index is 1320. The minimum atomic E-state index is -0.992. The number of halogens is 2. The summed E-state index contributed by atoms with van der Waals surface area (Å²) in [6.07, 6.45) is 5.66. The second-order valence-corrected chi connectivity index (χ2v) is 9.14. The van der Waals surface area contributed by atoms with Crippen LogP contribution in [0.25, 0.3) is 16.0 Å². The van der Waals surface area contributed by atoms with E-state index < -0.39 is 17.3 Å². The number of aromatic nitrogens is 4. The second kappa shape index (κ2) is 10.0. The molecule has 4 N–H and O–H groups in total. The molecule has 1 aromatic carbocycles. The lowest BCUT2D eigenvalue weighted by Gasteiger charge is -2.29. The lowest BCUT2D eigenvalue weighted by Crippen LogP contribution is -2.29. The van der Waals surface area contributed by atoms with Crippen LogP contribution in [0.1, 0.15) is 44.6 Å². The summed E-state index contributed by atoms with van der Waals surface area (Å²) in [5.74, 6) is -1.76. The number of amides is 1. The molecule has 10 nitrogen and oxygen atoms in total. The van der Waals surface area contributed by atoms with E-state index in [-0.39, 0.29) is 35.5 Å². The first-order valence-electron chi connectivity index (χ1n) is 12.0. The molecule has 0 bridgehead atoms. The number of nitrogens with zero attached hydrogens (tertiary/aromatic N) is 5. The van der Waals surface area contributed by atoms with Crippen molar-refractivity contribution in [3.8, 4) is 0 Å². The molecule has 1 saturated carbocycles. The average Bonchev–Trinajstić information content (AvgIpc) is 3.24. The van der Waals surface area contributed by atoms with Crippen LogP contribution in [0.5, 0.6) is 0 Å². The summed E-state index contributed by atoms with van der Waals surface area (Å²) in [5, 5.41) is 6.11. The van der Waals surface area contributed by atoms with Crippen LogP contribution in [0.4, 0.5) is 32.1 Å². The molecule has 3 heterocycles. The Balaban J connectivity index is 1.54. The van der Waals surface area contributed by atoms with Crippen LogP contribution in [0.3, 0.4) is 0 Å². The maximum Gasteiger partial charge on any atom is 0.224 e. The van der Waals surface area contributed by atoms with E-state index in [2.05, 4.69) is 25.4 Å². The van der Waals surface area contributed by atoms with E-state index >= 15 is 0 Å². The highest BCUT2D eigenvalue weighted by Crippen LogP contribution is 2.38. The van der Waals surface area contributed by atoms with E-state index in [1.54, 1.807) is 6.20 Å². The van der Waals surface area contributed by atoms with E-state index in [4.69, 9.17) is 22.0 Å². The number of anilines is 3. The SMILES string of the molecule is [C-]#[N+]c1ccc(F)c(Nc2nc3cnc(NC4CCOCC4)nc3n2C2CCC(C(N)=O)CC2)c1F. The molecule has 0 atom stereocenters. The summed E-state index contributed by atoms with van der Waals surface area (Å²) in [6.45, 7) is 8.47. The number of imidazole rings is 1. The number of carbonyl (C=O) groups is 1. The maximum atomic E-state index is 14.9. The fourth-order valence-electron chi connectivity index (χ4n) is 4.89. The molecule has 36 heavy (non-hydrogen) atoms. The lowest BCUT2D eigenvalue weighted by molar-refractivity contribution is -0.122. The van der Waals surface area contributed by atoms with E-state index in [0.717, 1.165) is 25.0 Å². The van der Waals surface area contributed by atoms with Crippen LogP contribution in [0.15, 0.2) is 18.3 Å². The van der Waals surface area contributed by atoms with Gasteiger partial charge in [-0.2, -0.15) is 4.98 Å². The van der Waals surface area contributed by atoms with Crippen LogP contribution >= 0.6 is 0 Å². The molecule has 1 amide bonds. The minimum absolute atomic E-state index is 0.130. The molecular formula is C24H26F2N8O2. The minimum Gasteiger partial charge on any atom is -0.381 e. The number of nitrogens with two attached hydrogens (primary N) is 1. The fourth-order valence-corrected chi connectivity index (χ4v) is 4.89. The Morgan fingerprint density at radius 3 is 2.58 bits per heavy atom. The van der Waals surface area contributed by atoms with Crippen molar-refractivity contribution in [3.63, 3.8) is 0 Å². The Morgan fingerprint density at radius 1 is 1.14 bits per heavy atom. The Hall–Kier alpha value is -3.85. The van der Waals surface area contributed by atoms with Gasteiger partial charge in [0.2, 0.25) is 23.5 Å². The summed E-state index contributed by atoms with van der Waals surface area (Å²) in [7, 11) is 0. The first-order valence-corrected chi connectivity index (χ1v) is 12.0. The normalized spacial score (nSPS) is 20.7. The van der Waals surface area contributed by atoms with Crippen molar-refractivity contribution < 1.29 is 18.3 Å². The molecule has 12 heteroatoms. The zero-order chi connectivity index (χ0) is 25.2. The monoisotopic (exact) mass is 496 g/mol. The van der Waals surface area contributed by atoms with E-state index in [1.165, 1.54) is 0 Å². The molecule has 0 unspecified atom stereocenters. The van der Waals surface area contributed by atoms with Gasteiger partial charge in [0.25, 0.3) is 0 Å². The van der Waals surface area contributed by atoms with Crippen molar-refractivity contribution in [2.24, 2.45) is 11.7 Å². The van der Waals surface area contributed by atoms with Crippen LogP contribution in [0.2, 0.25) is 0 Å². The van der Waals surface area contributed by atoms with Gasteiger partial charge >= 0.3 is 0 Å². The molecule has 1 saturated heterocycles. The first kappa shape index (κ1) is 23.9. The zero-order valence-corrected chi connectivity index (χ0v) is 19.5. The van der Waals surface area contributed by atoms with Gasteiger partial charge in [0.1, 0.15) is 17.0 Å². The first-order chi connectivity index (χ1) is 17.4. The molecule has 1 aliphatic heterocycles. The smallest absolute Gasteiger partial charge is 0.224 e. The Kier molecular flexibility index (Phi) is 6.65. The summed E-state index contributed by atoms with van der Waals surface area (Å²) >= 11 is 0. The molecule has 2 fully saturated rings. The van der Waals surface area contributed by atoms with E-state index in [0.29, 0.717) is 56.0 Å². The van der Waals surface area contributed by atoms with Gasteiger partial charge in [-0.15, -0.1) is 0 Å². The van der Waals surface area contributed by atoms with Gasteiger partial charge in [-0.05, 0) is 44.6 Å². The third kappa shape index (κ3) is 4.66. The van der Waals surface area contributed by atoms with Gasteiger partial charge in [0.15, 0.2) is 11.5 Å². The number of hydrogen-bond acceptors (Lipinski definition) is 7. The molecule has 2 aromatic heterocycles. The van der Waals surface area contributed by atoms with Crippen molar-refractivity contribution in [2.45, 2.75) is 50.6 Å². The average molecular weight is 497 g/mol.